The predicted octanol–water partition coefficient (Wildman–Crippen LogP) is 16.5. The molecule has 0 fully saturated rings. The average Bonchev–Trinajstić information content (AvgIpc) is 3.35. The molecule has 7 aromatic rings. The van der Waals surface area contributed by atoms with E-state index < -0.39 is 6.85 Å². The van der Waals surface area contributed by atoms with Crippen molar-refractivity contribution in [2.45, 2.75) is 161 Å². The molecule has 0 N–H and O–H groups in total. The van der Waals surface area contributed by atoms with Gasteiger partial charge in [0.1, 0.15) is 0 Å². The van der Waals surface area contributed by atoms with Crippen LogP contribution in [0.2, 0.25) is 0 Å². The highest BCUT2D eigenvalue weighted by Gasteiger charge is 2.49. The van der Waals surface area contributed by atoms with Crippen molar-refractivity contribution in [1.29, 1.82) is 0 Å². The zero-order valence-corrected chi connectivity index (χ0v) is 43.9. The highest BCUT2D eigenvalue weighted by molar-refractivity contribution is 7.00. The molecule has 0 bridgehead atoms. The lowest BCUT2D eigenvalue weighted by Crippen LogP contribution is -2.62. The van der Waals surface area contributed by atoms with E-state index in [0.717, 1.165) is 100 Å². The maximum atomic E-state index is 9.32. The Morgan fingerprint density at radius 2 is 0.814 bits per heavy atom. The quantitative estimate of drug-likeness (QED) is 0.162. The van der Waals surface area contributed by atoms with Gasteiger partial charge >= 0.3 is 0 Å². The van der Waals surface area contributed by atoms with Gasteiger partial charge in [-0.15, -0.1) is 0 Å². The molecule has 0 saturated carbocycles. The number of nitrogens with zero attached hydrogens (tertiary/aromatic N) is 2. The summed E-state index contributed by atoms with van der Waals surface area (Å²) in [5.41, 5.74) is 23.2. The fourth-order valence-electron chi connectivity index (χ4n) is 13.8. The van der Waals surface area contributed by atoms with Gasteiger partial charge in [-0.05, 0) is 198 Å². The zero-order valence-electron chi connectivity index (χ0n) is 46.9. The van der Waals surface area contributed by atoms with Crippen molar-refractivity contribution in [1.82, 2.24) is 0 Å². The van der Waals surface area contributed by atoms with Crippen LogP contribution in [0.25, 0.3) is 22.3 Å². The molecule has 70 heavy (non-hydrogen) atoms. The van der Waals surface area contributed by atoms with E-state index in [1.807, 2.05) is 6.07 Å². The van der Waals surface area contributed by atoms with Gasteiger partial charge in [-0.1, -0.05) is 168 Å². The summed E-state index contributed by atoms with van der Waals surface area (Å²) < 4.78 is 28.0. The molecule has 0 aromatic heterocycles. The molecule has 2 nitrogen and oxygen atoms in total. The summed E-state index contributed by atoms with van der Waals surface area (Å²) in [5.74, 6) is 0. The summed E-state index contributed by atoms with van der Waals surface area (Å²) in [6.45, 7) is 26.6. The lowest BCUT2D eigenvalue weighted by molar-refractivity contribution is 0.332. The highest BCUT2D eigenvalue weighted by atomic mass is 15.2. The minimum Gasteiger partial charge on any atom is -0.311 e. The van der Waals surface area contributed by atoms with Gasteiger partial charge in [0.2, 0.25) is 0 Å². The van der Waals surface area contributed by atoms with E-state index in [0.29, 0.717) is 5.56 Å². The number of hydrogen-bond acceptors (Lipinski definition) is 2. The summed E-state index contributed by atoms with van der Waals surface area (Å²) in [5, 5.41) is 0. The van der Waals surface area contributed by atoms with E-state index in [2.05, 4.69) is 220 Å². The summed E-state index contributed by atoms with van der Waals surface area (Å²) >= 11 is 0. The third-order valence-electron chi connectivity index (χ3n) is 18.5. The molecule has 3 heteroatoms. The topological polar surface area (TPSA) is 6.48 Å². The molecule has 0 unspecified atom stereocenters. The van der Waals surface area contributed by atoms with Crippen molar-refractivity contribution >= 4 is 57.2 Å². The molecule has 0 radical (unpaired) electrons. The standard InChI is InChI=1S/C67H73BN2/c1-42-34-59-61-60(35-42)70(56-27-24-45(43-20-16-14-17-21-43)36-47(56)44-22-18-15-19-23-44)58-41-53-51(65(8,9)31-33-67(53,12)13)39-55(58)68(61)54-38-50-52(66(10,11)32-30-64(50,6)7)40-57(54)69(59)46-25-26-48-49(37-46)63(4,5)29-28-62(48,2)3/h14-27,34-41H,28-33H2,1-13H3/i1D3. The first-order chi connectivity index (χ1) is 34.3. The van der Waals surface area contributed by atoms with E-state index in [1.165, 1.54) is 44.3 Å². The number of rotatable bonds is 4. The van der Waals surface area contributed by atoms with Gasteiger partial charge in [0.15, 0.2) is 0 Å². The van der Waals surface area contributed by atoms with Gasteiger partial charge in [-0.3, -0.25) is 0 Å². The summed E-state index contributed by atoms with van der Waals surface area (Å²) in [7, 11) is 0. The van der Waals surface area contributed by atoms with Gasteiger partial charge in [0.05, 0.1) is 5.69 Å². The van der Waals surface area contributed by atoms with Crippen LogP contribution < -0.4 is 26.2 Å². The first-order valence-electron chi connectivity index (χ1n) is 27.8. The number of hydrogen-bond donors (Lipinski definition) is 0. The summed E-state index contributed by atoms with van der Waals surface area (Å²) in [6, 6.07) is 50.1. The van der Waals surface area contributed by atoms with Crippen molar-refractivity contribution in [2.75, 3.05) is 9.80 Å². The third-order valence-corrected chi connectivity index (χ3v) is 18.5. The smallest absolute Gasteiger partial charge is 0.252 e. The van der Waals surface area contributed by atoms with Crippen molar-refractivity contribution in [3.8, 4) is 22.3 Å². The average molecular weight is 920 g/mol. The van der Waals surface area contributed by atoms with E-state index >= 15 is 0 Å². The van der Waals surface area contributed by atoms with Crippen LogP contribution in [0.4, 0.5) is 34.1 Å². The van der Waals surface area contributed by atoms with Crippen LogP contribution in [0.1, 0.15) is 165 Å². The molecule has 7 aromatic carbocycles. The Kier molecular flexibility index (Phi) is 9.06. The van der Waals surface area contributed by atoms with Crippen molar-refractivity contribution in [2.24, 2.45) is 0 Å². The van der Waals surface area contributed by atoms with Crippen LogP contribution in [0.15, 0.2) is 133 Å². The molecule has 0 saturated heterocycles. The Bertz CT molecular complexity index is 3410. The van der Waals surface area contributed by atoms with Gasteiger partial charge in [-0.25, -0.2) is 0 Å². The number of aryl methyl sites for hydroxylation is 1. The summed E-state index contributed by atoms with van der Waals surface area (Å²) in [4.78, 5) is 4.99. The zero-order chi connectivity index (χ0) is 51.6. The Labute approximate surface area is 424 Å². The number of benzene rings is 7. The Hall–Kier alpha value is -5.80. The van der Waals surface area contributed by atoms with Gasteiger partial charge in [-0.2, -0.15) is 0 Å². The first kappa shape index (κ1) is 41.9. The van der Waals surface area contributed by atoms with E-state index in [4.69, 9.17) is 0 Å². The molecule has 2 aliphatic heterocycles. The van der Waals surface area contributed by atoms with Crippen LogP contribution in [0, 0.1) is 6.85 Å². The van der Waals surface area contributed by atoms with Crippen molar-refractivity contribution in [3.63, 3.8) is 0 Å². The maximum Gasteiger partial charge on any atom is 0.252 e. The fraction of sp³-hybridized carbons (Fsp3) is 0.373. The van der Waals surface area contributed by atoms with Crippen molar-refractivity contribution in [3.05, 3.63) is 172 Å². The predicted molar refractivity (Wildman–Crippen MR) is 302 cm³/mol. The number of anilines is 6. The second-order valence-electron chi connectivity index (χ2n) is 25.9. The molecule has 3 aliphatic carbocycles. The SMILES string of the molecule is [2H]C([2H])([2H])c1cc2c3c(c1)N(c1ccc(-c4ccccc4)cc1-c1ccccc1)c1cc4c(cc1B3c1cc3c(cc1N2c1ccc2c(c1)C(C)(C)CCC2(C)C)C(C)(C)CCC3(C)C)C(C)(C)CCC4(C)C. The Morgan fingerprint density at radius 1 is 0.371 bits per heavy atom. The molecule has 12 rings (SSSR count). The molecule has 0 spiro atoms. The first-order valence-corrected chi connectivity index (χ1v) is 26.3. The van der Waals surface area contributed by atoms with E-state index in [-0.39, 0.29) is 39.2 Å². The van der Waals surface area contributed by atoms with Crippen molar-refractivity contribution < 1.29 is 4.11 Å². The van der Waals surface area contributed by atoms with Crippen LogP contribution >= 0.6 is 0 Å². The molecule has 5 aliphatic rings. The maximum absolute atomic E-state index is 9.32. The van der Waals surface area contributed by atoms with Crippen LogP contribution in [0.3, 0.4) is 0 Å². The molecular weight excluding hydrogens is 844 g/mol. The second kappa shape index (κ2) is 15.1. The van der Waals surface area contributed by atoms with E-state index in [9.17, 15) is 4.11 Å². The molecule has 2 heterocycles. The van der Waals surface area contributed by atoms with Crippen LogP contribution in [-0.2, 0) is 32.5 Å². The minimum absolute atomic E-state index is 0.0288. The van der Waals surface area contributed by atoms with Crippen LogP contribution in [-0.4, -0.2) is 6.71 Å². The third kappa shape index (κ3) is 6.79. The van der Waals surface area contributed by atoms with Gasteiger partial charge in [0.25, 0.3) is 6.71 Å². The normalized spacial score (nSPS) is 20.9. The Morgan fingerprint density at radius 3 is 1.33 bits per heavy atom. The summed E-state index contributed by atoms with van der Waals surface area (Å²) in [6.07, 6.45) is 6.64. The largest absolute Gasteiger partial charge is 0.311 e. The minimum atomic E-state index is -2.38. The highest BCUT2D eigenvalue weighted by Crippen LogP contribution is 2.55. The van der Waals surface area contributed by atoms with Gasteiger partial charge < -0.3 is 9.80 Å². The molecule has 354 valence electrons. The van der Waals surface area contributed by atoms with Crippen LogP contribution in [0.5, 0.6) is 0 Å². The molecule has 0 atom stereocenters. The fourth-order valence-corrected chi connectivity index (χ4v) is 13.8. The lowest BCUT2D eigenvalue weighted by Gasteiger charge is -2.49. The molecule has 0 amide bonds. The lowest BCUT2D eigenvalue weighted by atomic mass is 9.32. The Balaban J connectivity index is 1.25. The monoisotopic (exact) mass is 920 g/mol. The van der Waals surface area contributed by atoms with Gasteiger partial charge in [0, 0.05) is 38.1 Å². The second-order valence-corrected chi connectivity index (χ2v) is 25.9. The number of fused-ring (bicyclic) bond motifs is 7. The molecular formula is C67H73BN2. The van der Waals surface area contributed by atoms with E-state index in [1.54, 1.807) is 0 Å².